The van der Waals surface area contributed by atoms with Crippen LogP contribution < -0.4 is 4.74 Å². The third-order valence-electron chi connectivity index (χ3n) is 2.49. The van der Waals surface area contributed by atoms with Gasteiger partial charge in [-0.2, -0.15) is 0 Å². The van der Waals surface area contributed by atoms with Crippen LogP contribution in [0.15, 0.2) is 24.3 Å². The number of aryl methyl sites for hydroxylation is 1. The van der Waals surface area contributed by atoms with E-state index in [-0.39, 0.29) is 0 Å². The molecule has 1 aromatic carbocycles. The van der Waals surface area contributed by atoms with Crippen molar-refractivity contribution in [3.63, 3.8) is 0 Å². The van der Waals surface area contributed by atoms with E-state index in [9.17, 15) is 0 Å². The summed E-state index contributed by atoms with van der Waals surface area (Å²) >= 11 is 0. The van der Waals surface area contributed by atoms with Gasteiger partial charge in [0.15, 0.2) is 0 Å². The summed E-state index contributed by atoms with van der Waals surface area (Å²) in [5, 5.41) is 0. The lowest BCUT2D eigenvalue weighted by molar-refractivity contribution is 0.306. The molecule has 0 bridgehead atoms. The molecule has 0 unspecified atom stereocenters. The molecule has 0 fully saturated rings. The van der Waals surface area contributed by atoms with Gasteiger partial charge in [-0.25, -0.2) is 0 Å². The first kappa shape index (κ1) is 12.1. The van der Waals surface area contributed by atoms with E-state index >= 15 is 0 Å². The Hall–Kier alpha value is -0.980. The molecule has 0 N–H and O–H groups in total. The van der Waals surface area contributed by atoms with Gasteiger partial charge in [0.25, 0.3) is 0 Å². The molecule has 0 heterocycles. The van der Waals surface area contributed by atoms with Gasteiger partial charge >= 0.3 is 0 Å². The Morgan fingerprint density at radius 3 is 2.47 bits per heavy atom. The molecule has 1 nitrogen and oxygen atoms in total. The van der Waals surface area contributed by atoms with E-state index in [1.807, 2.05) is 0 Å². The molecular formula is C14H21O. The van der Waals surface area contributed by atoms with Gasteiger partial charge in [0.2, 0.25) is 0 Å². The van der Waals surface area contributed by atoms with Crippen molar-refractivity contribution in [3.05, 3.63) is 36.2 Å². The van der Waals surface area contributed by atoms with Gasteiger partial charge in [-0.05, 0) is 43.4 Å². The number of rotatable bonds is 7. The Balaban J connectivity index is 2.20. The number of benzene rings is 1. The van der Waals surface area contributed by atoms with Crippen LogP contribution in [0.1, 0.15) is 38.7 Å². The Bertz CT molecular complexity index is 251. The average molecular weight is 205 g/mol. The molecule has 1 rings (SSSR count). The van der Waals surface area contributed by atoms with Gasteiger partial charge in [0, 0.05) is 0 Å². The van der Waals surface area contributed by atoms with Crippen molar-refractivity contribution < 1.29 is 4.74 Å². The van der Waals surface area contributed by atoms with Crippen molar-refractivity contribution in [1.82, 2.24) is 0 Å². The molecule has 0 aliphatic heterocycles. The summed E-state index contributed by atoms with van der Waals surface area (Å²) in [6.45, 7) is 5.10. The second-order valence-corrected chi connectivity index (χ2v) is 3.75. The molecule has 0 spiro atoms. The Morgan fingerprint density at radius 2 is 1.87 bits per heavy atom. The molecule has 0 atom stereocenters. The largest absolute Gasteiger partial charge is 0.494 e. The van der Waals surface area contributed by atoms with Gasteiger partial charge in [-0.1, -0.05) is 32.4 Å². The topological polar surface area (TPSA) is 9.23 Å². The van der Waals surface area contributed by atoms with E-state index in [1.165, 1.54) is 18.4 Å². The van der Waals surface area contributed by atoms with Gasteiger partial charge in [0.05, 0.1) is 6.61 Å². The SMILES string of the molecule is C[CH]CCCCOc1ccc(CC)cc1. The zero-order valence-electron chi connectivity index (χ0n) is 9.83. The van der Waals surface area contributed by atoms with Crippen LogP contribution in [-0.4, -0.2) is 6.61 Å². The minimum Gasteiger partial charge on any atom is -0.494 e. The van der Waals surface area contributed by atoms with Crippen LogP contribution in [-0.2, 0) is 6.42 Å². The summed E-state index contributed by atoms with van der Waals surface area (Å²) in [6, 6.07) is 8.39. The highest BCUT2D eigenvalue weighted by molar-refractivity contribution is 5.27. The Kier molecular flexibility index (Phi) is 5.91. The summed E-state index contributed by atoms with van der Waals surface area (Å²) in [5.74, 6) is 0.993. The molecule has 0 amide bonds. The minimum atomic E-state index is 0.833. The summed E-state index contributed by atoms with van der Waals surface area (Å²) in [5.41, 5.74) is 1.36. The van der Waals surface area contributed by atoms with E-state index in [0.29, 0.717) is 0 Å². The van der Waals surface area contributed by atoms with Gasteiger partial charge in [-0.3, -0.25) is 0 Å². The smallest absolute Gasteiger partial charge is 0.119 e. The number of ether oxygens (including phenoxy) is 1. The zero-order chi connectivity index (χ0) is 10.9. The van der Waals surface area contributed by atoms with Gasteiger partial charge < -0.3 is 4.74 Å². The standard InChI is InChI=1S/C14H21O/c1-3-5-6-7-12-15-14-10-8-13(4-2)9-11-14/h3,8-11H,4-7,12H2,1-2H3. The lowest BCUT2D eigenvalue weighted by Crippen LogP contribution is -1.97. The first-order valence-corrected chi connectivity index (χ1v) is 5.86. The summed E-state index contributed by atoms with van der Waals surface area (Å²) in [6.07, 6.45) is 6.85. The average Bonchev–Trinajstić information content (AvgIpc) is 2.30. The highest BCUT2D eigenvalue weighted by atomic mass is 16.5. The third kappa shape index (κ3) is 4.87. The van der Waals surface area contributed by atoms with E-state index in [0.717, 1.165) is 25.2 Å². The molecule has 0 saturated heterocycles. The van der Waals surface area contributed by atoms with E-state index < -0.39 is 0 Å². The molecule has 1 heteroatoms. The van der Waals surface area contributed by atoms with Crippen molar-refractivity contribution in [1.29, 1.82) is 0 Å². The molecule has 15 heavy (non-hydrogen) atoms. The molecule has 0 aromatic heterocycles. The fraction of sp³-hybridized carbons (Fsp3) is 0.500. The summed E-state index contributed by atoms with van der Waals surface area (Å²) in [4.78, 5) is 0. The molecule has 83 valence electrons. The molecular weight excluding hydrogens is 184 g/mol. The van der Waals surface area contributed by atoms with Gasteiger partial charge in [-0.15, -0.1) is 0 Å². The molecule has 0 aliphatic carbocycles. The highest BCUT2D eigenvalue weighted by Crippen LogP contribution is 2.13. The lowest BCUT2D eigenvalue weighted by atomic mass is 10.2. The maximum atomic E-state index is 5.64. The van der Waals surface area contributed by atoms with Crippen LogP contribution in [0.4, 0.5) is 0 Å². The Labute approximate surface area is 93.5 Å². The maximum absolute atomic E-state index is 5.64. The van der Waals surface area contributed by atoms with Gasteiger partial charge in [0.1, 0.15) is 5.75 Å². The normalized spacial score (nSPS) is 10.3. The number of hydrogen-bond acceptors (Lipinski definition) is 1. The first-order chi connectivity index (χ1) is 7.36. The van der Waals surface area contributed by atoms with Crippen molar-refractivity contribution >= 4 is 0 Å². The van der Waals surface area contributed by atoms with Crippen LogP contribution in [0.3, 0.4) is 0 Å². The maximum Gasteiger partial charge on any atom is 0.119 e. The van der Waals surface area contributed by atoms with Crippen molar-refractivity contribution in [2.24, 2.45) is 0 Å². The highest BCUT2D eigenvalue weighted by Gasteiger charge is 1.94. The van der Waals surface area contributed by atoms with Crippen LogP contribution in [0.2, 0.25) is 0 Å². The number of unbranched alkanes of at least 4 members (excludes halogenated alkanes) is 3. The summed E-state index contributed by atoms with van der Waals surface area (Å²) in [7, 11) is 0. The molecule has 0 saturated carbocycles. The Morgan fingerprint density at radius 1 is 1.13 bits per heavy atom. The van der Waals surface area contributed by atoms with E-state index in [4.69, 9.17) is 4.74 Å². The second-order valence-electron chi connectivity index (χ2n) is 3.75. The molecule has 0 aliphatic rings. The van der Waals surface area contributed by atoms with Crippen LogP contribution in [0, 0.1) is 6.42 Å². The summed E-state index contributed by atoms with van der Waals surface area (Å²) < 4.78 is 5.64. The second kappa shape index (κ2) is 7.33. The van der Waals surface area contributed by atoms with Crippen LogP contribution in [0.5, 0.6) is 5.75 Å². The van der Waals surface area contributed by atoms with Crippen molar-refractivity contribution in [2.75, 3.05) is 6.61 Å². The van der Waals surface area contributed by atoms with Crippen LogP contribution in [0.25, 0.3) is 0 Å². The quantitative estimate of drug-likeness (QED) is 0.611. The van der Waals surface area contributed by atoms with Crippen molar-refractivity contribution in [3.8, 4) is 5.75 Å². The molecule has 1 radical (unpaired) electrons. The predicted octanol–water partition coefficient (Wildman–Crippen LogP) is 4.02. The fourth-order valence-electron chi connectivity index (χ4n) is 1.46. The lowest BCUT2D eigenvalue weighted by Gasteiger charge is -2.06. The predicted molar refractivity (Wildman–Crippen MR) is 65.1 cm³/mol. The van der Waals surface area contributed by atoms with Crippen LogP contribution >= 0.6 is 0 Å². The molecule has 1 aromatic rings. The minimum absolute atomic E-state index is 0.833. The van der Waals surface area contributed by atoms with E-state index in [2.05, 4.69) is 44.5 Å². The first-order valence-electron chi connectivity index (χ1n) is 5.86. The number of hydrogen-bond donors (Lipinski definition) is 0. The van der Waals surface area contributed by atoms with Crippen molar-refractivity contribution in [2.45, 2.75) is 39.5 Å². The fourth-order valence-corrected chi connectivity index (χ4v) is 1.46. The monoisotopic (exact) mass is 205 g/mol. The zero-order valence-corrected chi connectivity index (χ0v) is 9.83. The van der Waals surface area contributed by atoms with E-state index in [1.54, 1.807) is 0 Å². The third-order valence-corrected chi connectivity index (χ3v) is 2.49.